The van der Waals surface area contributed by atoms with Crippen LogP contribution in [0.25, 0.3) is 21.5 Å². The van der Waals surface area contributed by atoms with Crippen LogP contribution in [0.1, 0.15) is 39.6 Å². The molecule has 0 aliphatic carbocycles. The molecule has 35 heavy (non-hydrogen) atoms. The standard InChI is InChI=1S/C21H16F6N6OS/c1-10-5-28-18(35-10)14-3-12(4-16-15(14)8-31-33(16)9-20(22,23)24)17(34)32-11(2)13-6-29-19(30-7-13)21(25,26)27/h3-8,11H,9H2,1-2H3,(H,32,34)/t11-/m1/s1. The van der Waals surface area contributed by atoms with Crippen LogP contribution >= 0.6 is 11.3 Å². The molecule has 3 aromatic heterocycles. The number of amides is 1. The number of halogens is 6. The minimum Gasteiger partial charge on any atom is -0.345 e. The van der Waals surface area contributed by atoms with Crippen molar-refractivity contribution in [3.63, 3.8) is 0 Å². The summed E-state index contributed by atoms with van der Waals surface area (Å²) in [5.74, 6) is -1.97. The minimum atomic E-state index is -4.70. The van der Waals surface area contributed by atoms with Crippen molar-refractivity contribution in [2.75, 3.05) is 0 Å². The Bertz CT molecular complexity index is 1380. The molecule has 7 nitrogen and oxygen atoms in total. The Morgan fingerprint density at radius 1 is 1.06 bits per heavy atom. The maximum Gasteiger partial charge on any atom is 0.451 e. The molecule has 3 heterocycles. The number of hydrogen-bond donors (Lipinski definition) is 1. The molecule has 0 saturated heterocycles. The lowest BCUT2D eigenvalue weighted by atomic mass is 10.0. The zero-order valence-electron chi connectivity index (χ0n) is 18.1. The Hall–Kier alpha value is -3.55. The zero-order valence-corrected chi connectivity index (χ0v) is 18.9. The summed E-state index contributed by atoms with van der Waals surface area (Å²) >= 11 is 1.30. The number of nitrogens with zero attached hydrogens (tertiary/aromatic N) is 5. The van der Waals surface area contributed by atoms with Crippen molar-refractivity contribution in [2.24, 2.45) is 0 Å². The van der Waals surface area contributed by atoms with Gasteiger partial charge in [0.2, 0.25) is 5.82 Å². The first-order valence-electron chi connectivity index (χ1n) is 10.0. The van der Waals surface area contributed by atoms with Gasteiger partial charge in [0.05, 0.1) is 17.8 Å². The number of benzene rings is 1. The maximum atomic E-state index is 13.1. The van der Waals surface area contributed by atoms with Crippen molar-refractivity contribution in [3.05, 3.63) is 58.7 Å². The summed E-state index contributed by atoms with van der Waals surface area (Å²) in [5, 5.41) is 7.35. The second kappa shape index (κ2) is 8.91. The molecule has 0 saturated carbocycles. The van der Waals surface area contributed by atoms with Gasteiger partial charge in [-0.2, -0.15) is 31.4 Å². The van der Waals surface area contributed by atoms with E-state index in [2.05, 4.69) is 25.4 Å². The molecule has 0 aliphatic rings. The number of nitrogens with one attached hydrogen (secondary N) is 1. The fourth-order valence-corrected chi connectivity index (χ4v) is 4.13. The van der Waals surface area contributed by atoms with Crippen molar-refractivity contribution in [1.82, 2.24) is 30.0 Å². The summed E-state index contributed by atoms with van der Waals surface area (Å²) < 4.78 is 78.0. The van der Waals surface area contributed by atoms with E-state index in [1.165, 1.54) is 36.6 Å². The largest absolute Gasteiger partial charge is 0.451 e. The van der Waals surface area contributed by atoms with Crippen LogP contribution in [-0.2, 0) is 12.7 Å². The molecule has 0 bridgehead atoms. The smallest absolute Gasteiger partial charge is 0.345 e. The summed E-state index contributed by atoms with van der Waals surface area (Å²) in [7, 11) is 0. The highest BCUT2D eigenvalue weighted by Gasteiger charge is 2.34. The molecule has 1 aromatic carbocycles. The Balaban J connectivity index is 1.69. The normalized spacial score (nSPS) is 13.3. The second-order valence-electron chi connectivity index (χ2n) is 7.68. The number of carbonyl (C=O) groups excluding carboxylic acids is 1. The summed E-state index contributed by atoms with van der Waals surface area (Å²) in [4.78, 5) is 24.7. The maximum absolute atomic E-state index is 13.1. The molecule has 0 spiro atoms. The SMILES string of the molecule is Cc1cnc(-c2cc(C(=O)N[C@H](C)c3cnc(C(F)(F)F)nc3)cc3c2cnn3CC(F)(F)F)s1. The van der Waals surface area contributed by atoms with E-state index in [1.807, 2.05) is 6.92 Å². The van der Waals surface area contributed by atoms with Gasteiger partial charge in [-0.3, -0.25) is 9.48 Å². The molecule has 0 fully saturated rings. The molecule has 1 amide bonds. The van der Waals surface area contributed by atoms with Crippen LogP contribution in [-0.4, -0.2) is 36.8 Å². The van der Waals surface area contributed by atoms with Crippen molar-refractivity contribution in [2.45, 2.75) is 38.8 Å². The fourth-order valence-electron chi connectivity index (χ4n) is 3.33. The summed E-state index contributed by atoms with van der Waals surface area (Å²) in [6.07, 6.45) is -4.45. The third-order valence-electron chi connectivity index (χ3n) is 4.98. The third-order valence-corrected chi connectivity index (χ3v) is 5.92. The summed E-state index contributed by atoms with van der Waals surface area (Å²) in [5.41, 5.74) is 0.766. The van der Waals surface area contributed by atoms with Crippen LogP contribution < -0.4 is 5.32 Å². The summed E-state index contributed by atoms with van der Waals surface area (Å²) in [6.45, 7) is 1.98. The number of fused-ring (bicyclic) bond motifs is 1. The predicted molar refractivity (Wildman–Crippen MR) is 115 cm³/mol. The van der Waals surface area contributed by atoms with Crippen LogP contribution in [0.5, 0.6) is 0 Å². The van der Waals surface area contributed by atoms with E-state index in [9.17, 15) is 31.1 Å². The molecule has 0 unspecified atom stereocenters. The first kappa shape index (κ1) is 24.6. The quantitative estimate of drug-likeness (QED) is 0.364. The number of aryl methyl sites for hydroxylation is 1. The van der Waals surface area contributed by atoms with Gasteiger partial charge in [0.15, 0.2) is 0 Å². The lowest BCUT2D eigenvalue weighted by Crippen LogP contribution is -2.27. The van der Waals surface area contributed by atoms with E-state index in [1.54, 1.807) is 6.20 Å². The van der Waals surface area contributed by atoms with Gasteiger partial charge in [-0.15, -0.1) is 11.3 Å². The van der Waals surface area contributed by atoms with Crippen molar-refractivity contribution in [1.29, 1.82) is 0 Å². The molecule has 0 radical (unpaired) electrons. The van der Waals surface area contributed by atoms with Crippen molar-refractivity contribution in [3.8, 4) is 10.6 Å². The van der Waals surface area contributed by atoms with E-state index in [0.717, 1.165) is 22.0 Å². The number of aromatic nitrogens is 5. The number of hydrogen-bond acceptors (Lipinski definition) is 6. The van der Waals surface area contributed by atoms with Crippen molar-refractivity contribution >= 4 is 28.1 Å². The van der Waals surface area contributed by atoms with Gasteiger partial charge >= 0.3 is 12.4 Å². The summed E-state index contributed by atoms with van der Waals surface area (Å²) in [6, 6.07) is 1.99. The van der Waals surface area contributed by atoms with Gasteiger partial charge < -0.3 is 5.32 Å². The number of alkyl halides is 6. The number of carbonyl (C=O) groups is 1. The first-order valence-corrected chi connectivity index (χ1v) is 10.8. The van der Waals surface area contributed by atoms with Crippen LogP contribution in [0.2, 0.25) is 0 Å². The third kappa shape index (κ3) is 5.42. The van der Waals surface area contributed by atoms with Crippen molar-refractivity contribution < 1.29 is 31.1 Å². The zero-order chi connectivity index (χ0) is 25.5. The van der Waals surface area contributed by atoms with Gasteiger partial charge in [-0.05, 0) is 26.0 Å². The molecule has 4 rings (SSSR count). The molecule has 4 aromatic rings. The number of thiazole rings is 1. The Morgan fingerprint density at radius 2 is 1.74 bits per heavy atom. The van der Waals surface area contributed by atoms with E-state index in [-0.39, 0.29) is 16.6 Å². The van der Waals surface area contributed by atoms with E-state index >= 15 is 0 Å². The van der Waals surface area contributed by atoms with Gasteiger partial charge in [0, 0.05) is 45.5 Å². The molecule has 0 aliphatic heterocycles. The van der Waals surface area contributed by atoms with E-state index in [4.69, 9.17) is 0 Å². The molecule has 14 heteroatoms. The van der Waals surface area contributed by atoms with Crippen LogP contribution in [0.4, 0.5) is 26.3 Å². The lowest BCUT2D eigenvalue weighted by molar-refractivity contribution is -0.145. The molecular formula is C21H16F6N6OS. The van der Waals surface area contributed by atoms with Crippen LogP contribution in [0.15, 0.2) is 36.9 Å². The first-order chi connectivity index (χ1) is 16.3. The van der Waals surface area contributed by atoms with E-state index in [0.29, 0.717) is 16.0 Å². The van der Waals surface area contributed by atoms with Gasteiger partial charge in [0.25, 0.3) is 5.91 Å². The molecule has 1 atom stereocenters. The molecule has 184 valence electrons. The Kier molecular flexibility index (Phi) is 6.25. The lowest BCUT2D eigenvalue weighted by Gasteiger charge is -2.15. The average molecular weight is 514 g/mol. The topological polar surface area (TPSA) is 85.6 Å². The molecular weight excluding hydrogens is 498 g/mol. The average Bonchev–Trinajstić information content (AvgIpc) is 3.37. The molecule has 1 N–H and O–H groups in total. The Morgan fingerprint density at radius 3 is 2.31 bits per heavy atom. The second-order valence-corrected chi connectivity index (χ2v) is 8.92. The van der Waals surface area contributed by atoms with Crippen LogP contribution in [0, 0.1) is 6.92 Å². The van der Waals surface area contributed by atoms with Crippen LogP contribution in [0.3, 0.4) is 0 Å². The predicted octanol–water partition coefficient (Wildman–Crippen LogP) is 5.33. The number of rotatable bonds is 5. The highest BCUT2D eigenvalue weighted by atomic mass is 32.1. The minimum absolute atomic E-state index is 0.0314. The highest BCUT2D eigenvalue weighted by molar-refractivity contribution is 7.15. The Labute approximate surface area is 197 Å². The van der Waals surface area contributed by atoms with E-state index < -0.39 is 36.7 Å². The monoisotopic (exact) mass is 514 g/mol. The van der Waals surface area contributed by atoms with Gasteiger partial charge in [-0.1, -0.05) is 0 Å². The van der Waals surface area contributed by atoms with Gasteiger partial charge in [0.1, 0.15) is 11.6 Å². The van der Waals surface area contributed by atoms with Gasteiger partial charge in [-0.25, -0.2) is 15.0 Å². The fraction of sp³-hybridized carbons (Fsp3) is 0.286. The highest BCUT2D eigenvalue weighted by Crippen LogP contribution is 2.34.